The molecule has 0 aliphatic carbocycles. The van der Waals surface area contributed by atoms with E-state index >= 15 is 0 Å². The molecule has 0 unspecified atom stereocenters. The van der Waals surface area contributed by atoms with E-state index in [0.29, 0.717) is 5.69 Å². The zero-order valence-corrected chi connectivity index (χ0v) is 15.5. The van der Waals surface area contributed by atoms with Crippen molar-refractivity contribution >= 4 is 40.3 Å². The summed E-state index contributed by atoms with van der Waals surface area (Å²) in [4.78, 5) is 25.6. The van der Waals surface area contributed by atoms with Crippen LogP contribution >= 0.6 is 11.6 Å². The van der Waals surface area contributed by atoms with E-state index in [0.717, 1.165) is 24.3 Å². The van der Waals surface area contributed by atoms with E-state index in [4.69, 9.17) is 11.6 Å². The summed E-state index contributed by atoms with van der Waals surface area (Å²) in [5.74, 6) is -0.553. The molecule has 0 fully saturated rings. The monoisotopic (exact) mass is 393 g/mol. The minimum atomic E-state index is -0.608. The number of nitro benzene ring substituents is 1. The first kappa shape index (κ1) is 18.0. The van der Waals surface area contributed by atoms with Gasteiger partial charge >= 0.3 is 0 Å². The second kappa shape index (κ2) is 7.32. The van der Waals surface area contributed by atoms with Gasteiger partial charge in [-0.1, -0.05) is 41.9 Å². The van der Waals surface area contributed by atoms with Gasteiger partial charge in [-0.25, -0.2) is 0 Å². The first-order valence-electron chi connectivity index (χ1n) is 8.74. The maximum Gasteiger partial charge on any atom is 0.283 e. The van der Waals surface area contributed by atoms with Crippen LogP contribution in [0.5, 0.6) is 0 Å². The lowest BCUT2D eigenvalue weighted by atomic mass is 10.1. The first-order chi connectivity index (χ1) is 13.5. The molecule has 1 heterocycles. The summed E-state index contributed by atoms with van der Waals surface area (Å²) in [5.41, 5.74) is 3.42. The van der Waals surface area contributed by atoms with Crippen LogP contribution in [0.4, 0.5) is 22.7 Å². The van der Waals surface area contributed by atoms with Crippen molar-refractivity contribution in [3.63, 3.8) is 0 Å². The smallest absolute Gasteiger partial charge is 0.283 e. The number of hydrogen-bond donors (Lipinski definition) is 1. The van der Waals surface area contributed by atoms with Crippen LogP contribution in [-0.2, 0) is 6.42 Å². The van der Waals surface area contributed by atoms with Crippen LogP contribution in [0.15, 0.2) is 66.7 Å². The predicted molar refractivity (Wildman–Crippen MR) is 110 cm³/mol. The Morgan fingerprint density at radius 1 is 1.04 bits per heavy atom. The molecule has 3 aromatic rings. The Morgan fingerprint density at radius 3 is 2.54 bits per heavy atom. The minimum absolute atomic E-state index is 0.0361. The van der Waals surface area contributed by atoms with E-state index in [-0.39, 0.29) is 16.3 Å². The zero-order valence-electron chi connectivity index (χ0n) is 14.8. The van der Waals surface area contributed by atoms with E-state index in [1.54, 1.807) is 6.07 Å². The summed E-state index contributed by atoms with van der Waals surface area (Å²) in [6, 6.07) is 19.6. The van der Waals surface area contributed by atoms with E-state index in [2.05, 4.69) is 16.3 Å². The van der Waals surface area contributed by atoms with Crippen molar-refractivity contribution in [1.29, 1.82) is 0 Å². The highest BCUT2D eigenvalue weighted by Crippen LogP contribution is 2.38. The Hall–Kier alpha value is -3.38. The topological polar surface area (TPSA) is 75.5 Å². The van der Waals surface area contributed by atoms with Crippen LogP contribution in [0.2, 0.25) is 5.02 Å². The third kappa shape index (κ3) is 3.30. The molecule has 1 aliphatic rings. The lowest BCUT2D eigenvalue weighted by Crippen LogP contribution is -2.19. The number of halogens is 1. The fourth-order valence-corrected chi connectivity index (χ4v) is 3.61. The number of fused-ring (bicyclic) bond motifs is 1. The molecule has 140 valence electrons. The van der Waals surface area contributed by atoms with Crippen molar-refractivity contribution in [2.45, 2.75) is 6.42 Å². The molecule has 0 saturated carbocycles. The SMILES string of the molecule is O=C(Nc1ccccc1N1CCc2ccccc21)c1ccc(Cl)cc1[N+](=O)[O-]. The molecule has 28 heavy (non-hydrogen) atoms. The molecule has 0 bridgehead atoms. The normalized spacial score (nSPS) is 12.5. The summed E-state index contributed by atoms with van der Waals surface area (Å²) >= 11 is 5.84. The quantitative estimate of drug-likeness (QED) is 0.488. The maximum atomic E-state index is 12.8. The lowest BCUT2D eigenvalue weighted by Gasteiger charge is -2.23. The van der Waals surface area contributed by atoms with Gasteiger partial charge in [-0.2, -0.15) is 0 Å². The number of amides is 1. The molecule has 3 aromatic carbocycles. The fourth-order valence-electron chi connectivity index (χ4n) is 3.44. The van der Waals surface area contributed by atoms with Gasteiger partial charge in [0.2, 0.25) is 0 Å². The van der Waals surface area contributed by atoms with Gasteiger partial charge in [-0.15, -0.1) is 0 Å². The lowest BCUT2D eigenvalue weighted by molar-refractivity contribution is -0.385. The number of nitro groups is 1. The van der Waals surface area contributed by atoms with Gasteiger partial charge in [-0.05, 0) is 42.3 Å². The third-order valence-corrected chi connectivity index (χ3v) is 4.97. The molecule has 0 spiro atoms. The Bertz CT molecular complexity index is 1080. The van der Waals surface area contributed by atoms with Crippen molar-refractivity contribution in [1.82, 2.24) is 0 Å². The Balaban J connectivity index is 1.68. The van der Waals surface area contributed by atoms with Crippen LogP contribution in [0, 0.1) is 10.1 Å². The van der Waals surface area contributed by atoms with Crippen LogP contribution in [0.25, 0.3) is 0 Å². The summed E-state index contributed by atoms with van der Waals surface area (Å²) < 4.78 is 0. The summed E-state index contributed by atoms with van der Waals surface area (Å²) in [6.45, 7) is 0.799. The van der Waals surface area contributed by atoms with Gasteiger partial charge in [-0.3, -0.25) is 14.9 Å². The molecule has 1 amide bonds. The first-order valence-corrected chi connectivity index (χ1v) is 9.12. The molecule has 0 aromatic heterocycles. The van der Waals surface area contributed by atoms with Crippen molar-refractivity contribution in [3.8, 4) is 0 Å². The number of carbonyl (C=O) groups excluding carboxylic acids is 1. The molecule has 0 saturated heterocycles. The van der Waals surface area contributed by atoms with E-state index in [1.807, 2.05) is 36.4 Å². The molecular weight excluding hydrogens is 378 g/mol. The third-order valence-electron chi connectivity index (χ3n) is 4.73. The van der Waals surface area contributed by atoms with Crippen molar-refractivity contribution < 1.29 is 9.72 Å². The van der Waals surface area contributed by atoms with Gasteiger partial charge in [0.05, 0.1) is 16.3 Å². The molecular formula is C21H16ClN3O3. The van der Waals surface area contributed by atoms with Crippen LogP contribution in [0.3, 0.4) is 0 Å². The predicted octanol–water partition coefficient (Wildman–Crippen LogP) is 5.19. The molecule has 4 rings (SSSR count). The summed E-state index contributed by atoms with van der Waals surface area (Å²) in [5, 5.41) is 14.3. The molecule has 0 atom stereocenters. The fraction of sp³-hybridized carbons (Fsp3) is 0.0952. The Kier molecular flexibility index (Phi) is 4.71. The van der Waals surface area contributed by atoms with Crippen LogP contribution < -0.4 is 10.2 Å². The number of nitrogens with one attached hydrogen (secondary N) is 1. The molecule has 6 nitrogen and oxygen atoms in total. The van der Waals surface area contributed by atoms with Crippen LogP contribution in [-0.4, -0.2) is 17.4 Å². The highest BCUT2D eigenvalue weighted by atomic mass is 35.5. The molecule has 1 N–H and O–H groups in total. The standard InChI is InChI=1S/C21H16ClN3O3/c22-15-9-10-16(20(13-15)25(27)28)21(26)23-17-6-2-4-8-19(17)24-12-11-14-5-1-3-7-18(14)24/h1-10,13H,11-12H2,(H,23,26). The molecule has 7 heteroatoms. The Morgan fingerprint density at radius 2 is 1.75 bits per heavy atom. The van der Waals surface area contributed by atoms with E-state index in [1.165, 1.54) is 23.8 Å². The van der Waals surface area contributed by atoms with Crippen molar-refractivity contribution in [2.75, 3.05) is 16.8 Å². The zero-order chi connectivity index (χ0) is 19.7. The number of para-hydroxylation sites is 3. The highest BCUT2D eigenvalue weighted by molar-refractivity contribution is 6.31. The largest absolute Gasteiger partial charge is 0.339 e. The molecule has 0 radical (unpaired) electrons. The van der Waals surface area contributed by atoms with Gasteiger partial charge in [0.15, 0.2) is 0 Å². The Labute approximate surface area is 166 Å². The van der Waals surface area contributed by atoms with Crippen molar-refractivity contribution in [2.24, 2.45) is 0 Å². The average Bonchev–Trinajstić information content (AvgIpc) is 3.12. The van der Waals surface area contributed by atoms with E-state index < -0.39 is 10.8 Å². The average molecular weight is 394 g/mol. The van der Waals surface area contributed by atoms with E-state index in [9.17, 15) is 14.9 Å². The maximum absolute atomic E-state index is 12.8. The molecule has 1 aliphatic heterocycles. The number of hydrogen-bond acceptors (Lipinski definition) is 4. The highest BCUT2D eigenvalue weighted by Gasteiger charge is 2.24. The van der Waals surface area contributed by atoms with Gasteiger partial charge in [0.25, 0.3) is 11.6 Å². The number of anilines is 3. The number of rotatable bonds is 4. The second-order valence-electron chi connectivity index (χ2n) is 6.42. The van der Waals surface area contributed by atoms with Gasteiger partial charge in [0.1, 0.15) is 5.56 Å². The van der Waals surface area contributed by atoms with Gasteiger partial charge < -0.3 is 10.2 Å². The summed E-state index contributed by atoms with van der Waals surface area (Å²) in [7, 11) is 0. The minimum Gasteiger partial charge on any atom is -0.339 e. The second-order valence-corrected chi connectivity index (χ2v) is 6.86. The number of carbonyl (C=O) groups is 1. The van der Waals surface area contributed by atoms with Crippen LogP contribution in [0.1, 0.15) is 15.9 Å². The summed E-state index contributed by atoms with van der Waals surface area (Å²) in [6.07, 6.45) is 0.918. The van der Waals surface area contributed by atoms with Crippen molar-refractivity contribution in [3.05, 3.63) is 93.0 Å². The van der Waals surface area contributed by atoms with Gasteiger partial charge in [0, 0.05) is 23.3 Å². The number of benzene rings is 3. The number of nitrogens with zero attached hydrogens (tertiary/aromatic N) is 2.